The van der Waals surface area contributed by atoms with Crippen LogP contribution in [0.25, 0.3) is 22.0 Å². The number of benzene rings is 1. The van der Waals surface area contributed by atoms with Gasteiger partial charge in [-0.25, -0.2) is 4.98 Å². The van der Waals surface area contributed by atoms with Crippen LogP contribution in [-0.4, -0.2) is 24.7 Å². The van der Waals surface area contributed by atoms with E-state index in [1.807, 2.05) is 36.4 Å². The minimum Gasteiger partial charge on any atom is -0.302 e. The second kappa shape index (κ2) is 8.21. The fourth-order valence-electron chi connectivity index (χ4n) is 2.67. The highest BCUT2D eigenvalue weighted by Gasteiger charge is 2.14. The molecule has 0 N–H and O–H groups in total. The van der Waals surface area contributed by atoms with Crippen LogP contribution in [0.3, 0.4) is 0 Å². The van der Waals surface area contributed by atoms with E-state index < -0.39 is 0 Å². The quantitative estimate of drug-likeness (QED) is 0.394. The molecule has 0 unspecified atom stereocenters. The molecule has 0 amide bonds. The zero-order valence-electron chi connectivity index (χ0n) is 14.5. The Bertz CT molecular complexity index is 1050. The van der Waals surface area contributed by atoms with Crippen LogP contribution in [0, 0.1) is 0 Å². The van der Waals surface area contributed by atoms with Gasteiger partial charge in [-0.3, -0.25) is 4.98 Å². The molecule has 0 aliphatic carbocycles. The summed E-state index contributed by atoms with van der Waals surface area (Å²) < 4.78 is 2.11. The van der Waals surface area contributed by atoms with Gasteiger partial charge in [0.1, 0.15) is 5.01 Å². The molecule has 0 radical (unpaired) electrons. The number of pyridine rings is 1. The molecule has 0 aliphatic rings. The van der Waals surface area contributed by atoms with E-state index in [4.69, 9.17) is 16.6 Å². The van der Waals surface area contributed by atoms with Crippen molar-refractivity contribution in [2.45, 2.75) is 24.4 Å². The van der Waals surface area contributed by atoms with E-state index in [9.17, 15) is 0 Å². The first-order valence-electron chi connectivity index (χ1n) is 8.42. The third-order valence-corrected chi connectivity index (χ3v) is 6.23. The van der Waals surface area contributed by atoms with Gasteiger partial charge < -0.3 is 4.57 Å². The maximum absolute atomic E-state index is 6.28. The van der Waals surface area contributed by atoms with Crippen molar-refractivity contribution < 1.29 is 0 Å². The number of halogens is 1. The van der Waals surface area contributed by atoms with Crippen LogP contribution >= 0.6 is 34.7 Å². The second-order valence-corrected chi connectivity index (χ2v) is 7.91. The van der Waals surface area contributed by atoms with Crippen LogP contribution in [-0.2, 0) is 12.3 Å². The van der Waals surface area contributed by atoms with Crippen LogP contribution in [0.2, 0.25) is 5.02 Å². The van der Waals surface area contributed by atoms with Crippen molar-refractivity contribution in [3.8, 4) is 22.0 Å². The highest BCUT2D eigenvalue weighted by molar-refractivity contribution is 7.98. The summed E-state index contributed by atoms with van der Waals surface area (Å²) in [5.74, 6) is 1.59. The number of hydrogen-bond acceptors (Lipinski definition) is 6. The van der Waals surface area contributed by atoms with E-state index in [0.29, 0.717) is 0 Å². The molecule has 0 atom stereocenters. The largest absolute Gasteiger partial charge is 0.302 e. The Morgan fingerprint density at radius 1 is 1.11 bits per heavy atom. The minimum atomic E-state index is 0.721. The second-order valence-electron chi connectivity index (χ2n) is 5.70. The summed E-state index contributed by atoms with van der Waals surface area (Å²) in [5.41, 5.74) is 2.99. The molecule has 136 valence electrons. The van der Waals surface area contributed by atoms with Gasteiger partial charge in [-0.05, 0) is 25.1 Å². The molecule has 8 heteroatoms. The zero-order chi connectivity index (χ0) is 18.6. The van der Waals surface area contributed by atoms with Crippen LogP contribution in [0.1, 0.15) is 12.6 Å². The molecule has 0 saturated heterocycles. The molecule has 4 rings (SSSR count). The molecule has 1 aromatic carbocycles. The fraction of sp³-hybridized carbons (Fsp3) is 0.158. The topological polar surface area (TPSA) is 56.5 Å². The van der Waals surface area contributed by atoms with Crippen molar-refractivity contribution in [3.05, 3.63) is 64.9 Å². The molecule has 5 nitrogen and oxygen atoms in total. The Kier molecular flexibility index (Phi) is 5.52. The normalized spacial score (nSPS) is 11.0. The Balaban J connectivity index is 1.52. The number of rotatable bonds is 6. The van der Waals surface area contributed by atoms with Crippen molar-refractivity contribution in [3.63, 3.8) is 0 Å². The molecular formula is C19H16ClN5S2. The number of thioether (sulfide) groups is 1. The molecule has 4 aromatic rings. The minimum absolute atomic E-state index is 0.721. The highest BCUT2D eigenvalue weighted by Crippen LogP contribution is 2.32. The Hall–Kier alpha value is -2.22. The summed E-state index contributed by atoms with van der Waals surface area (Å²) in [4.78, 5) is 8.79. The van der Waals surface area contributed by atoms with Crippen molar-refractivity contribution in [1.29, 1.82) is 0 Å². The van der Waals surface area contributed by atoms with Gasteiger partial charge in [0.2, 0.25) is 0 Å². The van der Waals surface area contributed by atoms with Gasteiger partial charge in [0, 0.05) is 41.2 Å². The number of hydrogen-bond donors (Lipinski definition) is 0. The summed E-state index contributed by atoms with van der Waals surface area (Å²) in [6, 6.07) is 11.7. The monoisotopic (exact) mass is 413 g/mol. The van der Waals surface area contributed by atoms with Gasteiger partial charge in [0.15, 0.2) is 11.0 Å². The van der Waals surface area contributed by atoms with E-state index in [2.05, 4.69) is 32.1 Å². The van der Waals surface area contributed by atoms with Crippen LogP contribution in [0.5, 0.6) is 0 Å². The van der Waals surface area contributed by atoms with E-state index in [1.54, 1.807) is 35.5 Å². The lowest BCUT2D eigenvalue weighted by molar-refractivity contribution is 0.687. The predicted molar refractivity (Wildman–Crippen MR) is 111 cm³/mol. The summed E-state index contributed by atoms with van der Waals surface area (Å²) >= 11 is 9.52. The van der Waals surface area contributed by atoms with Gasteiger partial charge >= 0.3 is 0 Å². The van der Waals surface area contributed by atoms with Crippen LogP contribution < -0.4 is 0 Å². The average molecular weight is 414 g/mol. The van der Waals surface area contributed by atoms with Gasteiger partial charge in [-0.15, -0.1) is 21.5 Å². The lowest BCUT2D eigenvalue weighted by Crippen LogP contribution is -2.00. The number of thiazole rings is 1. The van der Waals surface area contributed by atoms with Crippen molar-refractivity contribution in [2.75, 3.05) is 0 Å². The van der Waals surface area contributed by atoms with Gasteiger partial charge in [0.25, 0.3) is 0 Å². The van der Waals surface area contributed by atoms with E-state index in [0.717, 1.165) is 50.1 Å². The maximum Gasteiger partial charge on any atom is 0.191 e. The van der Waals surface area contributed by atoms with Crippen molar-refractivity contribution in [2.24, 2.45) is 0 Å². The Morgan fingerprint density at radius 3 is 2.70 bits per heavy atom. The molecular weight excluding hydrogens is 398 g/mol. The predicted octanol–water partition coefficient (Wildman–Crippen LogP) is 5.43. The first-order valence-corrected chi connectivity index (χ1v) is 10.7. The molecule has 0 saturated carbocycles. The van der Waals surface area contributed by atoms with Crippen molar-refractivity contribution >= 4 is 34.7 Å². The molecule has 0 bridgehead atoms. The smallest absolute Gasteiger partial charge is 0.191 e. The van der Waals surface area contributed by atoms with E-state index in [-0.39, 0.29) is 0 Å². The summed E-state index contributed by atoms with van der Waals surface area (Å²) in [7, 11) is 0. The lowest BCUT2D eigenvalue weighted by Gasteiger charge is -2.06. The summed E-state index contributed by atoms with van der Waals surface area (Å²) in [6.07, 6.45) is 3.53. The van der Waals surface area contributed by atoms with E-state index >= 15 is 0 Å². The molecule has 0 fully saturated rings. The first-order chi connectivity index (χ1) is 13.3. The summed E-state index contributed by atoms with van der Waals surface area (Å²) in [5, 5.41) is 13.3. The van der Waals surface area contributed by atoms with Crippen LogP contribution in [0.15, 0.2) is 59.3 Å². The van der Waals surface area contributed by atoms with Gasteiger partial charge in [0.05, 0.1) is 10.7 Å². The maximum atomic E-state index is 6.28. The van der Waals surface area contributed by atoms with Crippen LogP contribution in [0.4, 0.5) is 0 Å². The standard InChI is InChI=1S/C19H16ClN5S2/c1-2-25-17(13-7-9-21-10-8-13)23-24-19(25)27-12-14-11-26-18(22-14)15-5-3-4-6-16(15)20/h3-11H,2,12H2,1H3. The molecule has 3 heterocycles. The number of nitrogens with zero attached hydrogens (tertiary/aromatic N) is 5. The average Bonchev–Trinajstić information content (AvgIpc) is 3.34. The molecule has 0 spiro atoms. The molecule has 0 aliphatic heterocycles. The Morgan fingerprint density at radius 2 is 1.93 bits per heavy atom. The number of aromatic nitrogens is 5. The van der Waals surface area contributed by atoms with E-state index in [1.165, 1.54) is 0 Å². The van der Waals surface area contributed by atoms with Gasteiger partial charge in [-0.2, -0.15) is 0 Å². The highest BCUT2D eigenvalue weighted by atomic mass is 35.5. The Labute approximate surface area is 170 Å². The first kappa shape index (κ1) is 18.2. The molecule has 27 heavy (non-hydrogen) atoms. The summed E-state index contributed by atoms with van der Waals surface area (Å²) in [6.45, 7) is 2.89. The third kappa shape index (κ3) is 3.90. The van der Waals surface area contributed by atoms with Crippen molar-refractivity contribution in [1.82, 2.24) is 24.7 Å². The lowest BCUT2D eigenvalue weighted by atomic mass is 10.2. The SMILES string of the molecule is CCn1c(SCc2csc(-c3ccccc3Cl)n2)nnc1-c1ccncc1. The molecule has 3 aromatic heterocycles. The zero-order valence-corrected chi connectivity index (χ0v) is 16.9. The third-order valence-electron chi connectivity index (χ3n) is 3.98. The fourth-order valence-corrected chi connectivity index (χ4v) is 4.81. The van der Waals surface area contributed by atoms with Gasteiger partial charge in [-0.1, -0.05) is 41.6 Å².